The minimum atomic E-state index is -0.121. The van der Waals surface area contributed by atoms with E-state index in [4.69, 9.17) is 4.74 Å². The number of hydrogen-bond acceptors (Lipinski definition) is 5. The molecular formula is C13H20N4O2. The number of aromatic nitrogens is 2. The molecule has 2 N–H and O–H groups in total. The van der Waals surface area contributed by atoms with Crippen LogP contribution >= 0.6 is 0 Å². The van der Waals surface area contributed by atoms with E-state index in [1.165, 1.54) is 0 Å². The van der Waals surface area contributed by atoms with Crippen LogP contribution in [0.2, 0.25) is 0 Å². The van der Waals surface area contributed by atoms with E-state index in [1.807, 2.05) is 13.8 Å². The van der Waals surface area contributed by atoms with Crippen LogP contribution in [-0.2, 0) is 11.2 Å². The van der Waals surface area contributed by atoms with E-state index in [2.05, 4.69) is 20.6 Å². The first-order chi connectivity index (χ1) is 9.15. The van der Waals surface area contributed by atoms with Gasteiger partial charge in [0.25, 0.3) is 0 Å². The van der Waals surface area contributed by atoms with Crippen molar-refractivity contribution in [1.82, 2.24) is 20.6 Å². The number of nitrogens with one attached hydrogen (secondary N) is 2. The number of rotatable bonds is 3. The van der Waals surface area contributed by atoms with E-state index < -0.39 is 0 Å². The highest BCUT2D eigenvalue weighted by atomic mass is 16.5. The molecule has 1 atom stereocenters. The van der Waals surface area contributed by atoms with E-state index in [-0.39, 0.29) is 11.9 Å². The lowest BCUT2D eigenvalue weighted by Crippen LogP contribution is -2.25. The highest BCUT2D eigenvalue weighted by Crippen LogP contribution is 2.29. The predicted octanol–water partition coefficient (Wildman–Crippen LogP) is 0.507. The average Bonchev–Trinajstić information content (AvgIpc) is 2.62. The van der Waals surface area contributed by atoms with Gasteiger partial charge in [-0.3, -0.25) is 4.79 Å². The van der Waals surface area contributed by atoms with Crippen LogP contribution in [0.3, 0.4) is 0 Å². The smallest absolute Gasteiger partial charge is 0.222 e. The van der Waals surface area contributed by atoms with Gasteiger partial charge in [0.2, 0.25) is 5.91 Å². The minimum absolute atomic E-state index is 0.0337. The van der Waals surface area contributed by atoms with Crippen LogP contribution in [0.4, 0.5) is 0 Å². The zero-order chi connectivity index (χ0) is 13.8. The van der Waals surface area contributed by atoms with Crippen molar-refractivity contribution >= 4 is 5.91 Å². The molecule has 0 aromatic carbocycles. The summed E-state index contributed by atoms with van der Waals surface area (Å²) in [5.74, 6) is 1.44. The molecule has 1 unspecified atom stereocenters. The number of carbonyl (C=O) groups is 1. The molecule has 0 spiro atoms. The second kappa shape index (κ2) is 5.97. The van der Waals surface area contributed by atoms with Crippen LogP contribution in [-0.4, -0.2) is 36.1 Å². The van der Waals surface area contributed by atoms with Crippen molar-refractivity contribution < 1.29 is 9.53 Å². The van der Waals surface area contributed by atoms with Gasteiger partial charge in [-0.1, -0.05) is 6.92 Å². The van der Waals surface area contributed by atoms with Crippen molar-refractivity contribution in [2.75, 3.05) is 20.2 Å². The van der Waals surface area contributed by atoms with Crippen LogP contribution in [0.5, 0.6) is 5.75 Å². The third-order valence-electron chi connectivity index (χ3n) is 3.17. The standard InChI is InChI=1S/C13H20N4O2/c1-4-9-13(19-3)12(17-8(2)16-9)10-7-11(18)15-6-5-14-10/h10,14H,4-7H2,1-3H3,(H,15,18). The van der Waals surface area contributed by atoms with Gasteiger partial charge in [-0.05, 0) is 13.3 Å². The maximum atomic E-state index is 11.7. The van der Waals surface area contributed by atoms with Gasteiger partial charge in [0.05, 0.1) is 18.8 Å². The number of hydrogen-bond donors (Lipinski definition) is 2. The Balaban J connectivity index is 2.41. The molecule has 0 radical (unpaired) electrons. The van der Waals surface area contributed by atoms with Crippen molar-refractivity contribution in [1.29, 1.82) is 0 Å². The second-order valence-electron chi connectivity index (χ2n) is 4.55. The number of amides is 1. The zero-order valence-electron chi connectivity index (χ0n) is 11.6. The van der Waals surface area contributed by atoms with Crippen molar-refractivity contribution in [3.8, 4) is 5.75 Å². The molecule has 6 heteroatoms. The van der Waals surface area contributed by atoms with Gasteiger partial charge >= 0.3 is 0 Å². The van der Waals surface area contributed by atoms with Crippen molar-refractivity contribution in [2.45, 2.75) is 32.7 Å². The fraction of sp³-hybridized carbons (Fsp3) is 0.615. The van der Waals surface area contributed by atoms with Crippen LogP contribution in [0.1, 0.15) is 36.6 Å². The van der Waals surface area contributed by atoms with Gasteiger partial charge < -0.3 is 15.4 Å². The molecule has 1 fully saturated rings. The Kier molecular flexibility index (Phi) is 4.31. The summed E-state index contributed by atoms with van der Waals surface area (Å²) in [6.07, 6.45) is 1.15. The fourth-order valence-corrected chi connectivity index (χ4v) is 2.31. The molecule has 1 saturated heterocycles. The normalized spacial score (nSPS) is 19.7. The molecule has 1 aliphatic rings. The molecule has 6 nitrogen and oxygen atoms in total. The maximum absolute atomic E-state index is 11.7. The molecule has 1 aromatic rings. The molecule has 1 aromatic heterocycles. The highest BCUT2D eigenvalue weighted by Gasteiger charge is 2.25. The minimum Gasteiger partial charge on any atom is -0.493 e. The van der Waals surface area contributed by atoms with E-state index in [0.29, 0.717) is 24.5 Å². The lowest BCUT2D eigenvalue weighted by molar-refractivity contribution is -0.121. The molecule has 104 valence electrons. The first-order valence-corrected chi connectivity index (χ1v) is 6.57. The van der Waals surface area contributed by atoms with Gasteiger partial charge in [0, 0.05) is 19.5 Å². The molecule has 0 saturated carbocycles. The monoisotopic (exact) mass is 264 g/mol. The van der Waals surface area contributed by atoms with Crippen LogP contribution in [0.15, 0.2) is 0 Å². The van der Waals surface area contributed by atoms with Crippen molar-refractivity contribution in [3.63, 3.8) is 0 Å². The summed E-state index contributed by atoms with van der Waals surface area (Å²) in [6, 6.07) is -0.121. The van der Waals surface area contributed by atoms with E-state index in [1.54, 1.807) is 7.11 Å². The van der Waals surface area contributed by atoms with Gasteiger partial charge in [-0.15, -0.1) is 0 Å². The Labute approximate surface area is 113 Å². The fourth-order valence-electron chi connectivity index (χ4n) is 2.31. The Bertz CT molecular complexity index is 476. The third kappa shape index (κ3) is 3.01. The lowest BCUT2D eigenvalue weighted by atomic mass is 10.1. The SMILES string of the molecule is CCc1nc(C)nc(C2CC(=O)NCCN2)c1OC. The largest absolute Gasteiger partial charge is 0.493 e. The topological polar surface area (TPSA) is 76.1 Å². The molecule has 0 bridgehead atoms. The molecular weight excluding hydrogens is 244 g/mol. The van der Waals surface area contributed by atoms with Gasteiger partial charge in [0.15, 0.2) is 5.75 Å². The van der Waals surface area contributed by atoms with Crippen LogP contribution in [0.25, 0.3) is 0 Å². The summed E-state index contributed by atoms with van der Waals surface area (Å²) < 4.78 is 5.45. The predicted molar refractivity (Wildman–Crippen MR) is 71.1 cm³/mol. The molecule has 1 aliphatic heterocycles. The van der Waals surface area contributed by atoms with Gasteiger partial charge in [-0.2, -0.15) is 0 Å². The summed E-state index contributed by atoms with van der Waals surface area (Å²) in [7, 11) is 1.62. The summed E-state index contributed by atoms with van der Waals surface area (Å²) in [4.78, 5) is 20.5. The molecule has 0 aliphatic carbocycles. The molecule has 19 heavy (non-hydrogen) atoms. The van der Waals surface area contributed by atoms with E-state index in [9.17, 15) is 4.79 Å². The van der Waals surface area contributed by atoms with Gasteiger partial charge in [0.1, 0.15) is 11.5 Å². The highest BCUT2D eigenvalue weighted by molar-refractivity contribution is 5.77. The third-order valence-corrected chi connectivity index (χ3v) is 3.17. The molecule has 2 heterocycles. The number of methoxy groups -OCH3 is 1. The number of carbonyl (C=O) groups excluding carboxylic acids is 1. The Morgan fingerprint density at radius 1 is 1.37 bits per heavy atom. The number of aryl methyl sites for hydroxylation is 2. The van der Waals surface area contributed by atoms with Crippen LogP contribution < -0.4 is 15.4 Å². The van der Waals surface area contributed by atoms with Gasteiger partial charge in [-0.25, -0.2) is 9.97 Å². The summed E-state index contributed by atoms with van der Waals surface area (Å²) in [5, 5.41) is 6.17. The van der Waals surface area contributed by atoms with E-state index in [0.717, 1.165) is 24.4 Å². The summed E-state index contributed by atoms with van der Waals surface area (Å²) in [6.45, 7) is 5.26. The average molecular weight is 264 g/mol. The van der Waals surface area contributed by atoms with Crippen LogP contribution in [0, 0.1) is 6.92 Å². The second-order valence-corrected chi connectivity index (χ2v) is 4.55. The Morgan fingerprint density at radius 2 is 2.16 bits per heavy atom. The number of ether oxygens (including phenoxy) is 1. The summed E-state index contributed by atoms with van der Waals surface area (Å²) >= 11 is 0. The zero-order valence-corrected chi connectivity index (χ0v) is 11.6. The Morgan fingerprint density at radius 3 is 2.84 bits per heavy atom. The Hall–Kier alpha value is -1.69. The molecule has 2 rings (SSSR count). The molecule has 1 amide bonds. The summed E-state index contributed by atoms with van der Waals surface area (Å²) in [5.41, 5.74) is 1.67. The first kappa shape index (κ1) is 13.7. The maximum Gasteiger partial charge on any atom is 0.222 e. The van der Waals surface area contributed by atoms with E-state index >= 15 is 0 Å². The lowest BCUT2D eigenvalue weighted by Gasteiger charge is -2.19. The first-order valence-electron chi connectivity index (χ1n) is 6.57. The van der Waals surface area contributed by atoms with Crippen molar-refractivity contribution in [2.24, 2.45) is 0 Å². The number of nitrogens with zero attached hydrogens (tertiary/aromatic N) is 2. The quantitative estimate of drug-likeness (QED) is 0.831. The van der Waals surface area contributed by atoms with Crippen molar-refractivity contribution in [3.05, 3.63) is 17.2 Å².